The number of rotatable bonds is 6. The molecule has 0 bridgehead atoms. The van der Waals surface area contributed by atoms with Gasteiger partial charge in [0.2, 0.25) is 0 Å². The number of hydrogen-bond acceptors (Lipinski definition) is 2. The Labute approximate surface area is 136 Å². The van der Waals surface area contributed by atoms with Crippen LogP contribution in [0.15, 0.2) is 24.3 Å². The lowest BCUT2D eigenvalue weighted by Gasteiger charge is -2.35. The van der Waals surface area contributed by atoms with E-state index in [1.807, 2.05) is 24.3 Å². The van der Waals surface area contributed by atoms with Crippen LogP contribution in [0.2, 0.25) is 5.02 Å². The third kappa shape index (κ3) is 4.80. The Kier molecular flexibility index (Phi) is 6.72. The predicted octanol–water partition coefficient (Wildman–Crippen LogP) is 4.15. The summed E-state index contributed by atoms with van der Waals surface area (Å²) in [5, 5.41) is 4.55. The summed E-state index contributed by atoms with van der Waals surface area (Å²) in [6.07, 6.45) is 4.72. The first-order chi connectivity index (χ1) is 10.1. The number of hydrogen-bond donors (Lipinski definition) is 1. The van der Waals surface area contributed by atoms with Crippen LogP contribution >= 0.6 is 11.6 Å². The van der Waals surface area contributed by atoms with Gasteiger partial charge in [-0.05, 0) is 49.4 Å². The highest BCUT2D eigenvalue weighted by molar-refractivity contribution is 7.84. The normalized spacial score (nSPS) is 27.5. The van der Waals surface area contributed by atoms with Gasteiger partial charge in [0.15, 0.2) is 0 Å². The largest absolute Gasteiger partial charge is 0.313 e. The molecule has 0 saturated heterocycles. The molecule has 118 valence electrons. The van der Waals surface area contributed by atoms with Crippen molar-refractivity contribution in [1.82, 2.24) is 5.32 Å². The highest BCUT2D eigenvalue weighted by Gasteiger charge is 2.33. The Morgan fingerprint density at radius 2 is 1.95 bits per heavy atom. The van der Waals surface area contributed by atoms with E-state index in [-0.39, 0.29) is 5.25 Å². The molecule has 1 saturated carbocycles. The van der Waals surface area contributed by atoms with Crippen LogP contribution in [0, 0.1) is 5.92 Å². The maximum absolute atomic E-state index is 12.8. The van der Waals surface area contributed by atoms with Crippen molar-refractivity contribution in [3.05, 3.63) is 34.9 Å². The predicted molar refractivity (Wildman–Crippen MR) is 92.2 cm³/mol. The van der Waals surface area contributed by atoms with Gasteiger partial charge in [0.05, 0.1) is 5.25 Å². The van der Waals surface area contributed by atoms with Gasteiger partial charge in [-0.15, -0.1) is 0 Å². The van der Waals surface area contributed by atoms with E-state index < -0.39 is 10.8 Å². The molecule has 0 spiro atoms. The lowest BCUT2D eigenvalue weighted by Crippen LogP contribution is -2.46. The van der Waals surface area contributed by atoms with Crippen LogP contribution in [-0.4, -0.2) is 22.0 Å². The first-order valence-corrected chi connectivity index (χ1v) is 9.75. The second-order valence-electron chi connectivity index (χ2n) is 5.94. The SMILES string of the molecule is CCNC1CCC(CC)CC1S(=O)Cc1ccc(Cl)cc1. The Hall–Kier alpha value is -0.380. The minimum atomic E-state index is -0.823. The van der Waals surface area contributed by atoms with Gasteiger partial charge in [0.25, 0.3) is 0 Å². The number of benzene rings is 1. The highest BCUT2D eigenvalue weighted by Crippen LogP contribution is 2.31. The van der Waals surface area contributed by atoms with Gasteiger partial charge in [0.1, 0.15) is 0 Å². The molecule has 0 amide bonds. The summed E-state index contributed by atoms with van der Waals surface area (Å²) in [7, 11) is -0.823. The minimum absolute atomic E-state index is 0.277. The van der Waals surface area contributed by atoms with Gasteiger partial charge in [-0.3, -0.25) is 4.21 Å². The fourth-order valence-electron chi connectivity index (χ4n) is 3.22. The number of halogens is 1. The average Bonchev–Trinajstić information content (AvgIpc) is 2.50. The van der Waals surface area contributed by atoms with Crippen molar-refractivity contribution >= 4 is 22.4 Å². The molecule has 0 radical (unpaired) electrons. The molecule has 1 N–H and O–H groups in total. The van der Waals surface area contributed by atoms with E-state index in [9.17, 15) is 4.21 Å². The summed E-state index contributed by atoms with van der Waals surface area (Å²) >= 11 is 5.91. The van der Waals surface area contributed by atoms with Gasteiger partial charge in [-0.2, -0.15) is 0 Å². The molecule has 2 rings (SSSR count). The van der Waals surface area contributed by atoms with E-state index in [0.29, 0.717) is 11.8 Å². The average molecular weight is 328 g/mol. The lowest BCUT2D eigenvalue weighted by molar-refractivity contribution is 0.294. The first-order valence-electron chi connectivity index (χ1n) is 7.99. The molecule has 1 fully saturated rings. The van der Waals surface area contributed by atoms with E-state index in [1.54, 1.807) is 0 Å². The Balaban J connectivity index is 2.03. The molecule has 4 unspecified atom stereocenters. The topological polar surface area (TPSA) is 29.1 Å². The molecule has 0 aliphatic heterocycles. The van der Waals surface area contributed by atoms with E-state index in [0.717, 1.165) is 35.9 Å². The molecule has 1 aromatic carbocycles. The second-order valence-corrected chi connectivity index (χ2v) is 8.03. The van der Waals surface area contributed by atoms with Gasteiger partial charge in [-0.1, -0.05) is 44.0 Å². The van der Waals surface area contributed by atoms with E-state index >= 15 is 0 Å². The summed E-state index contributed by atoms with van der Waals surface area (Å²) < 4.78 is 12.8. The Morgan fingerprint density at radius 3 is 2.57 bits per heavy atom. The Morgan fingerprint density at radius 1 is 1.24 bits per heavy atom. The van der Waals surface area contributed by atoms with Crippen LogP contribution in [0.3, 0.4) is 0 Å². The molecular formula is C17H26ClNOS. The van der Waals surface area contributed by atoms with Crippen LogP contribution < -0.4 is 5.32 Å². The van der Waals surface area contributed by atoms with Crippen LogP contribution in [0.4, 0.5) is 0 Å². The van der Waals surface area contributed by atoms with Gasteiger partial charge in [0, 0.05) is 27.6 Å². The second kappa shape index (κ2) is 8.30. The van der Waals surface area contributed by atoms with Crippen molar-refractivity contribution in [2.75, 3.05) is 6.54 Å². The van der Waals surface area contributed by atoms with Gasteiger partial charge >= 0.3 is 0 Å². The Bertz CT molecular complexity index is 462. The van der Waals surface area contributed by atoms with Crippen LogP contribution in [0.5, 0.6) is 0 Å². The van der Waals surface area contributed by atoms with Crippen molar-refractivity contribution in [2.24, 2.45) is 5.92 Å². The minimum Gasteiger partial charge on any atom is -0.313 e. The lowest BCUT2D eigenvalue weighted by atomic mass is 9.84. The molecule has 2 nitrogen and oxygen atoms in total. The fraction of sp³-hybridized carbons (Fsp3) is 0.647. The molecular weight excluding hydrogens is 302 g/mol. The van der Waals surface area contributed by atoms with Crippen molar-refractivity contribution < 1.29 is 4.21 Å². The first kappa shape index (κ1) is 17.0. The molecule has 0 aromatic heterocycles. The van der Waals surface area contributed by atoms with Gasteiger partial charge < -0.3 is 5.32 Å². The number of nitrogens with one attached hydrogen (secondary N) is 1. The van der Waals surface area contributed by atoms with E-state index in [2.05, 4.69) is 19.2 Å². The van der Waals surface area contributed by atoms with Gasteiger partial charge in [-0.25, -0.2) is 0 Å². The fourth-order valence-corrected chi connectivity index (χ4v) is 5.17. The maximum atomic E-state index is 12.8. The van der Waals surface area contributed by atoms with Crippen LogP contribution in [-0.2, 0) is 16.6 Å². The molecule has 0 heterocycles. The third-order valence-corrected chi connectivity index (χ3v) is 6.57. The summed E-state index contributed by atoms with van der Waals surface area (Å²) in [6.45, 7) is 5.33. The zero-order chi connectivity index (χ0) is 15.2. The van der Waals surface area contributed by atoms with E-state index in [1.165, 1.54) is 12.8 Å². The molecule has 21 heavy (non-hydrogen) atoms. The molecule has 1 aliphatic carbocycles. The van der Waals surface area contributed by atoms with Crippen molar-refractivity contribution in [1.29, 1.82) is 0 Å². The maximum Gasteiger partial charge on any atom is 0.0507 e. The van der Waals surface area contributed by atoms with Crippen molar-refractivity contribution in [2.45, 2.75) is 56.6 Å². The zero-order valence-corrected chi connectivity index (χ0v) is 14.6. The summed E-state index contributed by atoms with van der Waals surface area (Å²) in [6, 6.07) is 8.15. The van der Waals surface area contributed by atoms with Crippen molar-refractivity contribution in [3.63, 3.8) is 0 Å². The summed E-state index contributed by atoms with van der Waals surface area (Å²) in [4.78, 5) is 0. The smallest absolute Gasteiger partial charge is 0.0507 e. The zero-order valence-electron chi connectivity index (χ0n) is 13.0. The standard InChI is InChI=1S/C17H26ClNOS/c1-3-13-7-10-16(19-4-2)17(11-13)21(20)12-14-5-8-15(18)9-6-14/h5-6,8-9,13,16-17,19H,3-4,7,10-12H2,1-2H3. The summed E-state index contributed by atoms with van der Waals surface area (Å²) in [5.74, 6) is 1.37. The molecule has 4 atom stereocenters. The molecule has 1 aromatic rings. The third-order valence-electron chi connectivity index (χ3n) is 4.50. The highest BCUT2D eigenvalue weighted by atomic mass is 35.5. The van der Waals surface area contributed by atoms with Crippen LogP contribution in [0.1, 0.15) is 45.1 Å². The monoisotopic (exact) mass is 327 g/mol. The van der Waals surface area contributed by atoms with Crippen LogP contribution in [0.25, 0.3) is 0 Å². The quantitative estimate of drug-likeness (QED) is 0.850. The van der Waals surface area contributed by atoms with E-state index in [4.69, 9.17) is 11.6 Å². The summed E-state index contributed by atoms with van der Waals surface area (Å²) in [5.41, 5.74) is 1.12. The molecule has 4 heteroatoms. The van der Waals surface area contributed by atoms with Crippen molar-refractivity contribution in [3.8, 4) is 0 Å². The molecule has 1 aliphatic rings.